The van der Waals surface area contributed by atoms with Gasteiger partial charge in [0.2, 0.25) is 0 Å². The maximum atomic E-state index is 10.7. The summed E-state index contributed by atoms with van der Waals surface area (Å²) in [5.41, 5.74) is 5.27. The third-order valence-corrected chi connectivity index (χ3v) is 10.4. The van der Waals surface area contributed by atoms with Gasteiger partial charge in [-0.1, -0.05) is 81.0 Å². The van der Waals surface area contributed by atoms with Crippen LogP contribution in [-0.4, -0.2) is 26.1 Å². The molecule has 5 rings (SSSR count). The van der Waals surface area contributed by atoms with Gasteiger partial charge in [0.15, 0.2) is 0 Å². The van der Waals surface area contributed by atoms with Crippen molar-refractivity contribution in [2.45, 2.75) is 91.2 Å². The minimum absolute atomic E-state index is 0.00360. The Morgan fingerprint density at radius 2 is 1.82 bits per heavy atom. The molecular weight excluding hydrogens is 692 g/mol. The molecule has 2 aliphatic rings. The molecule has 3 aromatic carbocycles. The summed E-state index contributed by atoms with van der Waals surface area (Å²) in [5, 5.41) is 13.4. The molecule has 0 spiro atoms. The molecule has 45 heavy (non-hydrogen) atoms. The van der Waals surface area contributed by atoms with Crippen LogP contribution in [0.4, 0.5) is 5.69 Å². The minimum atomic E-state index is -2.05. The summed E-state index contributed by atoms with van der Waals surface area (Å²) < 4.78 is 7.17. The molecule has 244 valence electrons. The molecular formula is C37H45Cl2N2O3Ru-. The third kappa shape index (κ3) is 8.26. The van der Waals surface area contributed by atoms with Crippen LogP contribution >= 0.6 is 19.4 Å². The van der Waals surface area contributed by atoms with Crippen LogP contribution in [0.25, 0.3) is 10.8 Å². The number of nitro groups is 1. The van der Waals surface area contributed by atoms with E-state index in [-0.39, 0.29) is 22.7 Å². The molecule has 1 saturated heterocycles. The van der Waals surface area contributed by atoms with Gasteiger partial charge < -0.3 is 4.90 Å². The summed E-state index contributed by atoms with van der Waals surface area (Å²) in [6.07, 6.45) is 9.34. The largest absolute Gasteiger partial charge is 0.520 e. The fourth-order valence-corrected chi connectivity index (χ4v) is 8.57. The Bertz CT molecular complexity index is 1620. The first kappa shape index (κ1) is 35.3. The van der Waals surface area contributed by atoms with Crippen molar-refractivity contribution < 1.29 is 23.2 Å². The van der Waals surface area contributed by atoms with E-state index in [2.05, 4.69) is 101 Å². The van der Waals surface area contributed by atoms with Gasteiger partial charge in [0, 0.05) is 5.54 Å². The van der Waals surface area contributed by atoms with Gasteiger partial charge in [-0.05, 0) is 67.5 Å². The van der Waals surface area contributed by atoms with E-state index in [0.717, 1.165) is 12.8 Å². The Balaban J connectivity index is 0.000000233. The number of ether oxygens (including phenoxy) is 1. The van der Waals surface area contributed by atoms with Crippen molar-refractivity contribution in [2.75, 3.05) is 0 Å². The molecule has 1 aliphatic carbocycles. The Kier molecular flexibility index (Phi) is 11.7. The maximum absolute atomic E-state index is 10.7. The van der Waals surface area contributed by atoms with Gasteiger partial charge in [-0.3, -0.25) is 0 Å². The number of nitrogens with zero attached hydrogens (tertiary/aromatic N) is 2. The topological polar surface area (TPSA) is 55.6 Å². The van der Waals surface area contributed by atoms with Crippen LogP contribution in [0.1, 0.15) is 85.3 Å². The number of hydrogen-bond acceptors (Lipinski definition) is 4. The minimum Gasteiger partial charge on any atom is -0.520 e. The van der Waals surface area contributed by atoms with Crippen molar-refractivity contribution in [2.24, 2.45) is 5.92 Å². The standard InChI is InChI=1S/C27H34N.C10H11NO3.2ClH.Ru/c1-6-20-13-10-14-21(7-2)25(20)28-19-27(5,18-26(28,3)4)24-17-11-15-22-12-8-9-16-23(22)24;1-7(2)14-10-5-4-9(11(12)13)6-8(10)3;;;/h8-13,15-17,19,21H,6-7,14,18H2,1-5H3;3-7H,1-2H3;2*1H;/q-1;;;;+2/p-2/t21-,27?;;;;/m1..../s1. The van der Waals surface area contributed by atoms with E-state index < -0.39 is 18.4 Å². The Hall–Kier alpha value is -2.53. The number of fused-ring (bicyclic) bond motifs is 1. The molecule has 0 amide bonds. The molecule has 8 heteroatoms. The number of benzene rings is 3. The SMILES string of the molecule is CC(C)Oc1ccc([N+](=O)[O-])cc1[CH]=[Ru]([Cl])[Cl].CCC1=C(N2[CH-]C(C)(c3cccc4ccccc34)CC2(C)C)[C@H](CC)CC=C1. The van der Waals surface area contributed by atoms with Crippen molar-refractivity contribution >= 4 is 40.5 Å². The summed E-state index contributed by atoms with van der Waals surface area (Å²) in [5.74, 6) is 1.19. The average molecular weight is 738 g/mol. The van der Waals surface area contributed by atoms with Crippen LogP contribution < -0.4 is 4.74 Å². The molecule has 1 fully saturated rings. The number of rotatable bonds is 8. The first-order chi connectivity index (χ1) is 21.3. The summed E-state index contributed by atoms with van der Waals surface area (Å²) >= 11 is -2.05. The number of hydrogen-bond donors (Lipinski definition) is 0. The first-order valence-electron chi connectivity index (χ1n) is 15.6. The van der Waals surface area contributed by atoms with E-state index in [1.54, 1.807) is 16.4 Å². The van der Waals surface area contributed by atoms with Crippen LogP contribution in [0, 0.1) is 22.6 Å². The second kappa shape index (κ2) is 14.9. The van der Waals surface area contributed by atoms with Crippen LogP contribution in [0.2, 0.25) is 0 Å². The second-order valence-corrected chi connectivity index (χ2v) is 18.6. The van der Waals surface area contributed by atoms with E-state index in [4.69, 9.17) is 24.1 Å². The fourth-order valence-electron chi connectivity index (χ4n) is 6.79. The maximum Gasteiger partial charge on any atom is 0.00420 e. The Morgan fingerprint density at radius 1 is 1.11 bits per heavy atom. The molecule has 0 N–H and O–H groups in total. The zero-order valence-corrected chi connectivity index (χ0v) is 30.5. The molecule has 5 nitrogen and oxygen atoms in total. The van der Waals surface area contributed by atoms with E-state index in [0.29, 0.717) is 17.2 Å². The molecule has 0 aromatic heterocycles. The first-order valence-corrected chi connectivity index (χ1v) is 21.1. The van der Waals surface area contributed by atoms with Crippen LogP contribution in [0.5, 0.6) is 5.75 Å². The van der Waals surface area contributed by atoms with Crippen molar-refractivity contribution in [3.63, 3.8) is 0 Å². The van der Waals surface area contributed by atoms with Crippen molar-refractivity contribution in [3.8, 4) is 5.75 Å². The molecule has 0 radical (unpaired) electrons. The average Bonchev–Trinajstić information content (AvgIpc) is 3.25. The van der Waals surface area contributed by atoms with Gasteiger partial charge in [-0.15, -0.1) is 5.41 Å². The molecule has 1 aliphatic heterocycles. The predicted molar refractivity (Wildman–Crippen MR) is 187 cm³/mol. The van der Waals surface area contributed by atoms with Crippen LogP contribution in [0.3, 0.4) is 0 Å². The van der Waals surface area contributed by atoms with Gasteiger partial charge in [0.05, 0.1) is 0 Å². The number of halogens is 2. The summed E-state index contributed by atoms with van der Waals surface area (Å²) in [6, 6.07) is 20.0. The van der Waals surface area contributed by atoms with Crippen LogP contribution in [-0.2, 0) is 18.9 Å². The third-order valence-electron chi connectivity index (χ3n) is 8.61. The van der Waals surface area contributed by atoms with E-state index in [1.807, 2.05) is 13.8 Å². The van der Waals surface area contributed by atoms with Crippen LogP contribution in [0.15, 0.2) is 84.1 Å². The van der Waals surface area contributed by atoms with E-state index >= 15 is 0 Å². The van der Waals surface area contributed by atoms with Gasteiger partial charge in [-0.25, -0.2) is 6.54 Å². The summed E-state index contributed by atoms with van der Waals surface area (Å²) in [6.45, 7) is 18.2. The molecule has 1 unspecified atom stereocenters. The van der Waals surface area contributed by atoms with Gasteiger partial charge >= 0.3 is 112 Å². The molecule has 0 bridgehead atoms. The summed E-state index contributed by atoms with van der Waals surface area (Å²) in [4.78, 5) is 12.9. The number of non-ortho nitro benzene ring substituents is 1. The second-order valence-electron chi connectivity index (χ2n) is 12.9. The van der Waals surface area contributed by atoms with Crippen molar-refractivity contribution in [1.82, 2.24) is 4.90 Å². The van der Waals surface area contributed by atoms with Crippen molar-refractivity contribution in [1.29, 1.82) is 0 Å². The quantitative estimate of drug-likeness (QED) is 0.1000. The molecule has 2 atom stereocenters. The normalized spacial score (nSPS) is 21.1. The number of allylic oxidation sites excluding steroid dienone is 4. The smallest absolute Gasteiger partial charge is 0.00420 e. The fraction of sp³-hybridized carbons (Fsp3) is 0.405. The zero-order chi connectivity index (χ0) is 32.9. The number of nitro benzene ring substituents is 1. The van der Waals surface area contributed by atoms with E-state index in [1.165, 1.54) is 46.9 Å². The predicted octanol–water partition coefficient (Wildman–Crippen LogP) is 10.9. The molecule has 1 heterocycles. The Morgan fingerprint density at radius 3 is 2.47 bits per heavy atom. The molecule has 3 aromatic rings. The van der Waals surface area contributed by atoms with Gasteiger partial charge in [0.25, 0.3) is 0 Å². The summed E-state index contributed by atoms with van der Waals surface area (Å²) in [7, 11) is 11.6. The molecule has 0 saturated carbocycles. The van der Waals surface area contributed by atoms with Gasteiger partial charge in [-0.2, -0.15) is 0 Å². The van der Waals surface area contributed by atoms with Gasteiger partial charge in [0.1, 0.15) is 0 Å². The van der Waals surface area contributed by atoms with E-state index in [9.17, 15) is 10.1 Å². The van der Waals surface area contributed by atoms with Crippen molar-refractivity contribution in [3.05, 3.63) is 112 Å². The zero-order valence-electron chi connectivity index (χ0n) is 27.3. The number of likely N-dealkylation sites (tertiary alicyclic amines) is 1. The monoisotopic (exact) mass is 737 g/mol. The Labute approximate surface area is 281 Å².